The normalized spacial score (nSPS) is 12.4. The molecule has 1 unspecified atom stereocenters. The summed E-state index contributed by atoms with van der Waals surface area (Å²) in [6.07, 6.45) is 0.103. The maximum Gasteiger partial charge on any atom is 0.186 e. The van der Waals surface area contributed by atoms with Crippen LogP contribution in [0.3, 0.4) is 0 Å². The third-order valence-corrected chi connectivity index (χ3v) is 2.13. The highest BCUT2D eigenvalue weighted by atomic mass is 16.6. The molecule has 0 aliphatic carbocycles. The van der Waals surface area contributed by atoms with E-state index < -0.39 is 12.9 Å². The fraction of sp³-hybridized carbons (Fsp3) is 0.455. The van der Waals surface area contributed by atoms with Crippen LogP contribution >= 0.6 is 0 Å². The quantitative estimate of drug-likeness (QED) is 0.567. The number of hydrogen-bond donors (Lipinski definition) is 3. The van der Waals surface area contributed by atoms with Crippen molar-refractivity contribution in [1.29, 1.82) is 0 Å². The van der Waals surface area contributed by atoms with Gasteiger partial charge in [-0.15, -0.1) is 0 Å². The van der Waals surface area contributed by atoms with Crippen LogP contribution in [0.25, 0.3) is 0 Å². The number of ether oxygens (including phenoxy) is 2. The Morgan fingerprint density at radius 2 is 1.69 bits per heavy atom. The number of aliphatic hydroxyl groups excluding tert-OH is 3. The van der Waals surface area contributed by atoms with Crippen LogP contribution < -0.4 is 4.74 Å². The summed E-state index contributed by atoms with van der Waals surface area (Å²) < 4.78 is 9.78. The lowest BCUT2D eigenvalue weighted by Crippen LogP contribution is -2.21. The summed E-state index contributed by atoms with van der Waals surface area (Å²) in [4.78, 5) is 0. The average Bonchev–Trinajstić information content (AvgIpc) is 2.31. The van der Waals surface area contributed by atoms with Crippen LogP contribution in [0.2, 0.25) is 0 Å². The van der Waals surface area contributed by atoms with Gasteiger partial charge in [0, 0.05) is 6.42 Å². The predicted molar refractivity (Wildman–Crippen MR) is 56.9 cm³/mol. The Balaban J connectivity index is 2.53. The second-order valence-corrected chi connectivity index (χ2v) is 3.22. The number of hydrogen-bond acceptors (Lipinski definition) is 5. The first-order chi connectivity index (χ1) is 7.80. The zero-order valence-corrected chi connectivity index (χ0v) is 8.87. The van der Waals surface area contributed by atoms with Crippen molar-refractivity contribution in [1.82, 2.24) is 0 Å². The first kappa shape index (κ1) is 12.9. The molecule has 0 saturated heterocycles. The lowest BCUT2D eigenvalue weighted by Gasteiger charge is -2.13. The van der Waals surface area contributed by atoms with Gasteiger partial charge in [0.2, 0.25) is 0 Å². The Labute approximate surface area is 93.9 Å². The Morgan fingerprint density at radius 3 is 2.19 bits per heavy atom. The summed E-state index contributed by atoms with van der Waals surface area (Å²) in [5.41, 5.74) is 0.956. The van der Waals surface area contributed by atoms with Crippen LogP contribution in [0.1, 0.15) is 5.56 Å². The fourth-order valence-electron chi connectivity index (χ4n) is 1.34. The molecule has 1 aromatic carbocycles. The van der Waals surface area contributed by atoms with Gasteiger partial charge in [-0.05, 0) is 17.7 Å². The molecule has 90 valence electrons. The molecular weight excluding hydrogens is 212 g/mol. The van der Waals surface area contributed by atoms with Gasteiger partial charge in [0.1, 0.15) is 12.5 Å². The first-order valence-electron chi connectivity index (χ1n) is 4.96. The molecule has 5 nitrogen and oxygen atoms in total. The number of benzene rings is 1. The van der Waals surface area contributed by atoms with E-state index in [1.165, 1.54) is 0 Å². The molecule has 3 N–H and O–H groups in total. The van der Waals surface area contributed by atoms with Crippen molar-refractivity contribution in [3.05, 3.63) is 29.8 Å². The topological polar surface area (TPSA) is 79.2 Å². The monoisotopic (exact) mass is 228 g/mol. The maximum absolute atomic E-state index is 8.96. The van der Waals surface area contributed by atoms with E-state index in [-0.39, 0.29) is 13.4 Å². The highest BCUT2D eigenvalue weighted by molar-refractivity contribution is 5.27. The summed E-state index contributed by atoms with van der Waals surface area (Å²) >= 11 is 0. The molecule has 1 atom stereocenters. The van der Waals surface area contributed by atoms with E-state index in [4.69, 9.17) is 24.8 Å². The molecule has 5 heteroatoms. The SMILES string of the molecule is OCOc1ccc(CC(CO)OCO)cc1. The van der Waals surface area contributed by atoms with Crippen LogP contribution in [-0.4, -0.2) is 41.6 Å². The molecule has 0 aliphatic rings. The average molecular weight is 228 g/mol. The largest absolute Gasteiger partial charge is 0.468 e. The molecule has 0 fully saturated rings. The van der Waals surface area contributed by atoms with Gasteiger partial charge >= 0.3 is 0 Å². The molecule has 0 amide bonds. The molecule has 0 aromatic heterocycles. The molecule has 1 aromatic rings. The summed E-state index contributed by atoms with van der Waals surface area (Å²) in [7, 11) is 0. The second kappa shape index (κ2) is 7.19. The van der Waals surface area contributed by atoms with Gasteiger partial charge < -0.3 is 24.8 Å². The van der Waals surface area contributed by atoms with Gasteiger partial charge in [0.05, 0.1) is 12.7 Å². The minimum absolute atomic E-state index is 0.143. The predicted octanol–water partition coefficient (Wildman–Crippen LogP) is -0.115. The van der Waals surface area contributed by atoms with Crippen LogP contribution in [0.5, 0.6) is 5.75 Å². The zero-order valence-electron chi connectivity index (χ0n) is 8.87. The van der Waals surface area contributed by atoms with Gasteiger partial charge in [-0.1, -0.05) is 12.1 Å². The molecule has 0 radical (unpaired) electrons. The highest BCUT2D eigenvalue weighted by Gasteiger charge is 2.08. The van der Waals surface area contributed by atoms with E-state index in [1.54, 1.807) is 12.1 Å². The van der Waals surface area contributed by atoms with Gasteiger partial charge in [0.25, 0.3) is 0 Å². The standard InChI is InChI=1S/C11H16O5/c12-6-11(16-8-14)5-9-1-3-10(4-2-9)15-7-13/h1-4,11-14H,5-8H2. The van der Waals surface area contributed by atoms with Crippen LogP contribution in [-0.2, 0) is 11.2 Å². The Bertz CT molecular complexity index is 285. The van der Waals surface area contributed by atoms with Gasteiger partial charge in [0.15, 0.2) is 6.79 Å². The minimum Gasteiger partial charge on any atom is -0.468 e. The van der Waals surface area contributed by atoms with Crippen LogP contribution in [0, 0.1) is 0 Å². The minimum atomic E-state index is -0.408. The van der Waals surface area contributed by atoms with E-state index in [1.807, 2.05) is 12.1 Å². The van der Waals surface area contributed by atoms with E-state index in [9.17, 15) is 0 Å². The summed E-state index contributed by atoms with van der Waals surface area (Å²) in [6, 6.07) is 7.07. The molecule has 0 spiro atoms. The van der Waals surface area contributed by atoms with Crippen molar-refractivity contribution in [2.75, 3.05) is 20.2 Å². The van der Waals surface area contributed by atoms with E-state index in [0.29, 0.717) is 12.2 Å². The molecule has 0 aliphatic heterocycles. The summed E-state index contributed by atoms with van der Waals surface area (Å²) in [6.45, 7) is -0.904. The fourth-order valence-corrected chi connectivity index (χ4v) is 1.34. The molecule has 0 heterocycles. The van der Waals surface area contributed by atoms with Crippen molar-refractivity contribution in [2.24, 2.45) is 0 Å². The number of aliphatic hydroxyl groups is 3. The maximum atomic E-state index is 8.96. The van der Waals surface area contributed by atoms with Crippen molar-refractivity contribution < 1.29 is 24.8 Å². The van der Waals surface area contributed by atoms with Crippen molar-refractivity contribution in [2.45, 2.75) is 12.5 Å². The summed E-state index contributed by atoms with van der Waals surface area (Å²) in [5.74, 6) is 0.579. The molecule has 0 saturated carbocycles. The Kier molecular flexibility index (Phi) is 5.81. The lowest BCUT2D eigenvalue weighted by molar-refractivity contribution is -0.0681. The zero-order chi connectivity index (χ0) is 11.8. The van der Waals surface area contributed by atoms with Crippen molar-refractivity contribution in [3.63, 3.8) is 0 Å². The van der Waals surface area contributed by atoms with Crippen LogP contribution in [0.4, 0.5) is 0 Å². The Morgan fingerprint density at radius 1 is 1.00 bits per heavy atom. The third-order valence-electron chi connectivity index (χ3n) is 2.13. The van der Waals surface area contributed by atoms with Gasteiger partial charge in [-0.3, -0.25) is 0 Å². The molecule has 1 rings (SSSR count). The van der Waals surface area contributed by atoms with Gasteiger partial charge in [-0.25, -0.2) is 0 Å². The summed E-state index contributed by atoms with van der Waals surface area (Å²) in [5, 5.41) is 26.1. The second-order valence-electron chi connectivity index (χ2n) is 3.22. The van der Waals surface area contributed by atoms with Crippen molar-refractivity contribution >= 4 is 0 Å². The van der Waals surface area contributed by atoms with Crippen molar-refractivity contribution in [3.8, 4) is 5.75 Å². The smallest absolute Gasteiger partial charge is 0.186 e. The Hall–Kier alpha value is -1.14. The van der Waals surface area contributed by atoms with E-state index >= 15 is 0 Å². The van der Waals surface area contributed by atoms with Crippen LogP contribution in [0.15, 0.2) is 24.3 Å². The highest BCUT2D eigenvalue weighted by Crippen LogP contribution is 2.13. The first-order valence-corrected chi connectivity index (χ1v) is 4.96. The lowest BCUT2D eigenvalue weighted by atomic mass is 10.1. The van der Waals surface area contributed by atoms with E-state index in [0.717, 1.165) is 5.56 Å². The molecular formula is C11H16O5. The molecule has 16 heavy (non-hydrogen) atoms. The third kappa shape index (κ3) is 4.16. The number of rotatable bonds is 7. The molecule has 0 bridgehead atoms. The van der Waals surface area contributed by atoms with E-state index in [2.05, 4.69) is 0 Å². The van der Waals surface area contributed by atoms with Gasteiger partial charge in [-0.2, -0.15) is 0 Å².